The summed E-state index contributed by atoms with van der Waals surface area (Å²) in [7, 11) is 0. The second kappa shape index (κ2) is 13.5. The Kier molecular flexibility index (Phi) is 9.89. The number of aliphatic hydroxyl groups excluding tert-OH is 1. The van der Waals surface area contributed by atoms with E-state index in [1.54, 1.807) is 0 Å². The third kappa shape index (κ3) is 6.52. The molecule has 0 amide bonds. The molecule has 1 aliphatic carbocycles. The maximum absolute atomic E-state index is 12.6. The van der Waals surface area contributed by atoms with Crippen LogP contribution in [0.15, 0.2) is 39.9 Å². The number of carbonyl (C=O) groups excluding carboxylic acids is 1. The summed E-state index contributed by atoms with van der Waals surface area (Å²) in [6.45, 7) is 18.1. The van der Waals surface area contributed by atoms with Crippen molar-refractivity contribution in [2.24, 2.45) is 34.1 Å². The number of esters is 1. The Morgan fingerprint density at radius 2 is 1.78 bits per heavy atom. The monoisotopic (exact) mass is 693 g/mol. The Morgan fingerprint density at radius 3 is 2.54 bits per heavy atom. The molecule has 4 unspecified atom stereocenters. The van der Waals surface area contributed by atoms with E-state index in [0.717, 1.165) is 76.3 Å². The summed E-state index contributed by atoms with van der Waals surface area (Å²) in [5.74, 6) is -1.35. The summed E-state index contributed by atoms with van der Waals surface area (Å²) in [6.07, 6.45) is 13.3. The first kappa shape index (κ1) is 36.5. The number of carbonyl (C=O) groups is 1. The van der Waals surface area contributed by atoms with Gasteiger partial charge in [0.05, 0.1) is 24.2 Å². The lowest BCUT2D eigenvalue weighted by atomic mass is 9.57. The van der Waals surface area contributed by atoms with Crippen LogP contribution in [0.3, 0.4) is 0 Å². The van der Waals surface area contributed by atoms with Gasteiger partial charge in [-0.3, -0.25) is 9.79 Å². The number of rotatable bonds is 1. The van der Waals surface area contributed by atoms with Crippen molar-refractivity contribution in [1.29, 1.82) is 0 Å². The van der Waals surface area contributed by atoms with Crippen molar-refractivity contribution in [3.63, 3.8) is 0 Å². The molecule has 12 atom stereocenters. The standard InChI is InChI=1S/C42H63NO7/c1-25-9-8-10-37-40(23-26(2)13-18-43-37)15-12-32(36-21-28(4)38(45)47-36)30(6)33(40)20-27(3)34(44)22-35-29(5)24-41(49-35)16-17-42(50-41)39(7,46)14-11-31(19-25)48-42/h20,26,28-29,31,33-36,44,46H,1,8-19,21-24H2,2-7H3/b27-20+/t26?,28?,29-,31+,33+,34+,35-,36?,39-,40+,41?,42-/m1/s1. The molecule has 50 heavy (non-hydrogen) atoms. The summed E-state index contributed by atoms with van der Waals surface area (Å²) >= 11 is 0. The second-order valence-corrected chi connectivity index (χ2v) is 18.0. The first-order valence-corrected chi connectivity index (χ1v) is 19.9. The zero-order valence-electron chi connectivity index (χ0n) is 31.6. The number of nitrogens with zero attached hydrogens (tertiary/aromatic N) is 1. The molecular weight excluding hydrogens is 630 g/mol. The van der Waals surface area contributed by atoms with E-state index >= 15 is 0 Å². The molecule has 0 saturated carbocycles. The van der Waals surface area contributed by atoms with E-state index in [-0.39, 0.29) is 47.4 Å². The normalized spacial score (nSPS) is 48.6. The largest absolute Gasteiger partial charge is 0.458 e. The molecule has 8 heteroatoms. The SMILES string of the molecule is C=C1CCCC2=NCCC(C)C[C@]23CCC(C2CC(C)C(=O)O2)=C(C)[C@@H]3/C=C(\C)[C@@H](O)C[C@H]2OC3(CC[C@@]4(O[C@@H](CC[C@@]4(C)O)C1)O3)C[C@H]2C. The van der Waals surface area contributed by atoms with Gasteiger partial charge in [-0.1, -0.05) is 44.6 Å². The molecule has 3 spiro atoms. The minimum atomic E-state index is -1.12. The summed E-state index contributed by atoms with van der Waals surface area (Å²) in [6, 6.07) is 0. The molecule has 7 rings (SSSR count). The van der Waals surface area contributed by atoms with Crippen molar-refractivity contribution in [3.05, 3.63) is 34.9 Å². The third-order valence-corrected chi connectivity index (χ3v) is 14.1. The smallest absolute Gasteiger partial charge is 0.309 e. The molecule has 6 aliphatic heterocycles. The Hall–Kier alpha value is -1.84. The molecule has 6 heterocycles. The van der Waals surface area contributed by atoms with Crippen LogP contribution in [-0.4, -0.2) is 70.0 Å². The van der Waals surface area contributed by atoms with Crippen LogP contribution in [0, 0.1) is 29.1 Å². The van der Waals surface area contributed by atoms with E-state index in [1.165, 1.54) is 22.4 Å². The molecule has 7 aliphatic rings. The van der Waals surface area contributed by atoms with Crippen LogP contribution in [-0.2, 0) is 23.7 Å². The summed E-state index contributed by atoms with van der Waals surface area (Å²) in [4.78, 5) is 18.0. The van der Waals surface area contributed by atoms with Gasteiger partial charge in [0.25, 0.3) is 0 Å². The van der Waals surface area contributed by atoms with E-state index in [2.05, 4.69) is 40.3 Å². The van der Waals surface area contributed by atoms with Gasteiger partial charge in [0.1, 0.15) is 11.7 Å². The van der Waals surface area contributed by atoms with Crippen molar-refractivity contribution in [1.82, 2.24) is 0 Å². The number of cyclic esters (lactones) is 1. The summed E-state index contributed by atoms with van der Waals surface area (Å²) in [5.41, 5.74) is 4.74. The van der Waals surface area contributed by atoms with E-state index in [1.807, 2.05) is 13.8 Å². The van der Waals surface area contributed by atoms with Gasteiger partial charge in [0.15, 0.2) is 5.79 Å². The van der Waals surface area contributed by atoms with Gasteiger partial charge in [0, 0.05) is 55.7 Å². The van der Waals surface area contributed by atoms with Crippen molar-refractivity contribution >= 4 is 11.7 Å². The van der Waals surface area contributed by atoms with E-state index in [0.29, 0.717) is 38.0 Å². The highest BCUT2D eigenvalue weighted by molar-refractivity contribution is 5.92. The van der Waals surface area contributed by atoms with Crippen molar-refractivity contribution in [2.75, 3.05) is 6.54 Å². The number of fused-ring (bicyclic) bond motifs is 2. The van der Waals surface area contributed by atoms with Crippen LogP contribution in [0.5, 0.6) is 0 Å². The van der Waals surface area contributed by atoms with Crippen molar-refractivity contribution in [2.45, 2.75) is 179 Å². The highest BCUT2D eigenvalue weighted by Gasteiger charge is 2.64. The molecule has 0 radical (unpaired) electrons. The number of hydrogen-bond acceptors (Lipinski definition) is 8. The number of aliphatic hydroxyl groups is 2. The van der Waals surface area contributed by atoms with Crippen LogP contribution in [0.2, 0.25) is 0 Å². The Bertz CT molecular complexity index is 1450. The quantitative estimate of drug-likeness (QED) is 0.212. The number of allylic oxidation sites excluding steroid dienone is 2. The van der Waals surface area contributed by atoms with Gasteiger partial charge in [0.2, 0.25) is 5.79 Å². The lowest BCUT2D eigenvalue weighted by molar-refractivity contribution is -0.387. The Labute approximate surface area is 300 Å². The Balaban J connectivity index is 1.26. The minimum absolute atomic E-state index is 0.0567. The molecule has 0 aromatic carbocycles. The van der Waals surface area contributed by atoms with Crippen molar-refractivity contribution in [3.8, 4) is 0 Å². The van der Waals surface area contributed by atoms with Gasteiger partial charge in [-0.05, 0) is 108 Å². The summed E-state index contributed by atoms with van der Waals surface area (Å²) < 4.78 is 26.3. The molecule has 2 N–H and O–H groups in total. The molecule has 278 valence electrons. The zero-order valence-corrected chi connectivity index (χ0v) is 31.6. The molecular formula is C42H63NO7. The lowest BCUT2D eigenvalue weighted by Gasteiger charge is -2.49. The van der Waals surface area contributed by atoms with E-state index in [9.17, 15) is 15.0 Å². The predicted molar refractivity (Wildman–Crippen MR) is 193 cm³/mol. The van der Waals surface area contributed by atoms with Crippen LogP contribution in [0.4, 0.5) is 0 Å². The maximum atomic E-state index is 12.6. The molecule has 4 fully saturated rings. The van der Waals surface area contributed by atoms with Gasteiger partial charge in [-0.2, -0.15) is 0 Å². The van der Waals surface area contributed by atoms with Gasteiger partial charge in [-0.25, -0.2) is 0 Å². The van der Waals surface area contributed by atoms with E-state index in [4.69, 9.17) is 23.9 Å². The van der Waals surface area contributed by atoms with Crippen molar-refractivity contribution < 1.29 is 34.0 Å². The van der Waals surface area contributed by atoms with E-state index < -0.39 is 23.3 Å². The number of hydrogen-bond donors (Lipinski definition) is 2. The first-order valence-electron chi connectivity index (χ1n) is 19.9. The first-order chi connectivity index (χ1) is 23.6. The molecule has 0 aromatic heterocycles. The van der Waals surface area contributed by atoms with Crippen LogP contribution >= 0.6 is 0 Å². The number of ether oxygens (including phenoxy) is 4. The molecule has 8 nitrogen and oxygen atoms in total. The maximum Gasteiger partial charge on any atom is 0.309 e. The topological polar surface area (TPSA) is 107 Å². The average molecular weight is 694 g/mol. The van der Waals surface area contributed by atoms with Gasteiger partial charge < -0.3 is 29.2 Å². The molecule has 4 bridgehead atoms. The minimum Gasteiger partial charge on any atom is -0.458 e. The fourth-order valence-corrected chi connectivity index (χ4v) is 11.0. The highest BCUT2D eigenvalue weighted by Crippen LogP contribution is 2.57. The second-order valence-electron chi connectivity index (χ2n) is 18.0. The van der Waals surface area contributed by atoms with Crippen LogP contribution < -0.4 is 0 Å². The lowest BCUT2D eigenvalue weighted by Crippen LogP contribution is -2.60. The predicted octanol–water partition coefficient (Wildman–Crippen LogP) is 7.91. The zero-order chi connectivity index (χ0) is 35.6. The number of aliphatic imine (C=N–C) groups is 1. The molecule has 0 aromatic rings. The summed E-state index contributed by atoms with van der Waals surface area (Å²) in [5, 5.41) is 23.6. The fraction of sp³-hybridized carbons (Fsp3) is 0.810. The highest BCUT2D eigenvalue weighted by atomic mass is 16.8. The van der Waals surface area contributed by atoms with Crippen LogP contribution in [0.1, 0.15) is 138 Å². The Morgan fingerprint density at radius 1 is 0.980 bits per heavy atom. The average Bonchev–Trinajstić information content (AvgIpc) is 3.64. The third-order valence-electron chi connectivity index (χ3n) is 14.1. The van der Waals surface area contributed by atoms with Gasteiger partial charge >= 0.3 is 5.97 Å². The van der Waals surface area contributed by atoms with Gasteiger partial charge in [-0.15, -0.1) is 0 Å². The fourth-order valence-electron chi connectivity index (χ4n) is 11.0. The molecule has 4 saturated heterocycles. The van der Waals surface area contributed by atoms with Crippen LogP contribution in [0.25, 0.3) is 0 Å².